The summed E-state index contributed by atoms with van der Waals surface area (Å²) < 4.78 is 7.77. The zero-order valence-corrected chi connectivity index (χ0v) is 20.3. The summed E-state index contributed by atoms with van der Waals surface area (Å²) in [6.45, 7) is 10.2. The van der Waals surface area contributed by atoms with Gasteiger partial charge in [-0.3, -0.25) is 0 Å². The summed E-state index contributed by atoms with van der Waals surface area (Å²) in [7, 11) is 0. The molecule has 0 N–H and O–H groups in total. The summed E-state index contributed by atoms with van der Waals surface area (Å²) in [6, 6.07) is 13.9. The van der Waals surface area contributed by atoms with Gasteiger partial charge in [0, 0.05) is 25.7 Å². The minimum Gasteiger partial charge on any atom is -0.444 e. The van der Waals surface area contributed by atoms with Crippen molar-refractivity contribution in [2.45, 2.75) is 45.9 Å². The molecule has 1 unspecified atom stereocenters. The van der Waals surface area contributed by atoms with E-state index in [0.29, 0.717) is 36.2 Å². The third kappa shape index (κ3) is 4.81. The highest BCUT2D eigenvalue weighted by atomic mass is 35.5. The Hall–Kier alpha value is -2.44. The topological polar surface area (TPSA) is 50.6 Å². The molecular formula is C24H28Cl2N4O2. The van der Waals surface area contributed by atoms with Crippen LogP contribution in [0.5, 0.6) is 0 Å². The maximum atomic E-state index is 12.6. The van der Waals surface area contributed by atoms with Gasteiger partial charge in [-0.15, -0.1) is 0 Å². The van der Waals surface area contributed by atoms with E-state index in [9.17, 15) is 4.79 Å². The molecule has 0 radical (unpaired) electrons. The van der Waals surface area contributed by atoms with Gasteiger partial charge in [0.05, 0.1) is 27.6 Å². The Bertz CT molecular complexity index is 1140. The Kier molecular flexibility index (Phi) is 6.28. The van der Waals surface area contributed by atoms with Gasteiger partial charge in [-0.1, -0.05) is 41.4 Å². The van der Waals surface area contributed by atoms with Crippen molar-refractivity contribution >= 4 is 46.3 Å². The number of para-hydroxylation sites is 2. The van der Waals surface area contributed by atoms with Gasteiger partial charge in [-0.2, -0.15) is 0 Å². The zero-order chi connectivity index (χ0) is 23.0. The first-order valence-corrected chi connectivity index (χ1v) is 11.5. The first-order chi connectivity index (χ1) is 15.1. The van der Waals surface area contributed by atoms with E-state index in [1.54, 1.807) is 4.90 Å². The fraction of sp³-hybridized carbons (Fsp3) is 0.417. The highest BCUT2D eigenvalue weighted by Crippen LogP contribution is 2.29. The minimum absolute atomic E-state index is 0.0839. The van der Waals surface area contributed by atoms with Crippen LogP contribution >= 0.6 is 23.2 Å². The molecule has 170 valence electrons. The van der Waals surface area contributed by atoms with Crippen molar-refractivity contribution in [1.29, 1.82) is 0 Å². The SMILES string of the molecule is CC1CN(C(=O)OC(C)(C)C)CCN1c1nc2ccccc2n1Cc1ccc(Cl)c(Cl)c1. The molecule has 2 heterocycles. The molecule has 0 spiro atoms. The molecule has 1 amide bonds. The van der Waals surface area contributed by atoms with Crippen molar-refractivity contribution in [3.63, 3.8) is 0 Å². The van der Waals surface area contributed by atoms with Crippen molar-refractivity contribution in [2.75, 3.05) is 24.5 Å². The second kappa shape index (κ2) is 8.83. The molecule has 1 fully saturated rings. The molecule has 8 heteroatoms. The van der Waals surface area contributed by atoms with Crippen LogP contribution in [0.1, 0.15) is 33.3 Å². The molecular weight excluding hydrogens is 447 g/mol. The number of nitrogens with zero attached hydrogens (tertiary/aromatic N) is 4. The molecule has 1 aliphatic heterocycles. The molecule has 3 aromatic rings. The lowest BCUT2D eigenvalue weighted by Gasteiger charge is -2.40. The van der Waals surface area contributed by atoms with Crippen molar-refractivity contribution in [2.24, 2.45) is 0 Å². The molecule has 0 aliphatic carbocycles. The molecule has 2 aromatic carbocycles. The quantitative estimate of drug-likeness (QED) is 0.478. The number of halogens is 2. The second-order valence-corrected chi connectivity index (χ2v) is 10.0. The van der Waals surface area contributed by atoms with Crippen molar-refractivity contribution in [3.8, 4) is 0 Å². The number of hydrogen-bond donors (Lipinski definition) is 0. The van der Waals surface area contributed by atoms with Gasteiger partial charge >= 0.3 is 6.09 Å². The summed E-state index contributed by atoms with van der Waals surface area (Å²) in [6.07, 6.45) is -0.270. The number of amides is 1. The Balaban J connectivity index is 1.62. The summed E-state index contributed by atoms with van der Waals surface area (Å²) in [5.74, 6) is 0.883. The Morgan fingerprint density at radius 1 is 1.12 bits per heavy atom. The van der Waals surface area contributed by atoms with Crippen molar-refractivity contribution in [3.05, 3.63) is 58.1 Å². The molecule has 32 heavy (non-hydrogen) atoms. The lowest BCUT2D eigenvalue weighted by atomic mass is 10.2. The van der Waals surface area contributed by atoms with Gasteiger partial charge in [0.15, 0.2) is 0 Å². The lowest BCUT2D eigenvalue weighted by Crippen LogP contribution is -2.55. The minimum atomic E-state index is -0.509. The summed E-state index contributed by atoms with van der Waals surface area (Å²) in [5.41, 5.74) is 2.52. The fourth-order valence-corrected chi connectivity index (χ4v) is 4.33. The van der Waals surface area contributed by atoms with Gasteiger partial charge in [0.25, 0.3) is 0 Å². The van der Waals surface area contributed by atoms with E-state index in [0.717, 1.165) is 22.5 Å². The molecule has 1 aromatic heterocycles. The van der Waals surface area contributed by atoms with E-state index in [2.05, 4.69) is 22.5 Å². The van der Waals surface area contributed by atoms with E-state index in [1.165, 1.54) is 0 Å². The number of imidazole rings is 1. The number of carbonyl (C=O) groups excluding carboxylic acids is 1. The number of rotatable bonds is 3. The largest absolute Gasteiger partial charge is 0.444 e. The van der Waals surface area contributed by atoms with Crippen LogP contribution in [0.4, 0.5) is 10.7 Å². The van der Waals surface area contributed by atoms with Gasteiger partial charge in [-0.05, 0) is 57.5 Å². The number of carbonyl (C=O) groups is 1. The van der Waals surface area contributed by atoms with Crippen LogP contribution in [0.25, 0.3) is 11.0 Å². The maximum absolute atomic E-state index is 12.6. The summed E-state index contributed by atoms with van der Waals surface area (Å²) >= 11 is 12.4. The van der Waals surface area contributed by atoms with Crippen LogP contribution in [0, 0.1) is 0 Å². The van der Waals surface area contributed by atoms with Crippen molar-refractivity contribution < 1.29 is 9.53 Å². The molecule has 0 saturated carbocycles. The number of anilines is 1. The van der Waals surface area contributed by atoms with Crippen LogP contribution in [0.15, 0.2) is 42.5 Å². The van der Waals surface area contributed by atoms with Gasteiger partial charge in [-0.25, -0.2) is 9.78 Å². The van der Waals surface area contributed by atoms with Gasteiger partial charge in [0.1, 0.15) is 5.60 Å². The van der Waals surface area contributed by atoms with Crippen LogP contribution in [0.3, 0.4) is 0 Å². The molecule has 0 bridgehead atoms. The van der Waals surface area contributed by atoms with Crippen LogP contribution in [-0.4, -0.2) is 51.8 Å². The third-order valence-electron chi connectivity index (χ3n) is 5.50. The Labute approximate surface area is 198 Å². The molecule has 4 rings (SSSR count). The number of ether oxygens (including phenoxy) is 1. The third-order valence-corrected chi connectivity index (χ3v) is 6.23. The Morgan fingerprint density at radius 3 is 2.56 bits per heavy atom. The molecule has 1 aliphatic rings. The summed E-state index contributed by atoms with van der Waals surface area (Å²) in [4.78, 5) is 21.5. The van der Waals surface area contributed by atoms with E-state index in [4.69, 9.17) is 32.9 Å². The predicted molar refractivity (Wildman–Crippen MR) is 130 cm³/mol. The average Bonchev–Trinajstić information content (AvgIpc) is 3.07. The number of aromatic nitrogens is 2. The van der Waals surface area contributed by atoms with Crippen LogP contribution in [0.2, 0.25) is 10.0 Å². The monoisotopic (exact) mass is 474 g/mol. The van der Waals surface area contributed by atoms with E-state index in [-0.39, 0.29) is 12.1 Å². The molecule has 1 atom stereocenters. The smallest absolute Gasteiger partial charge is 0.410 e. The lowest BCUT2D eigenvalue weighted by molar-refractivity contribution is 0.0218. The normalized spacial score (nSPS) is 17.1. The highest BCUT2D eigenvalue weighted by molar-refractivity contribution is 6.42. The van der Waals surface area contributed by atoms with Gasteiger partial charge < -0.3 is 19.1 Å². The first kappa shape index (κ1) is 22.7. The van der Waals surface area contributed by atoms with E-state index < -0.39 is 5.60 Å². The van der Waals surface area contributed by atoms with Crippen molar-refractivity contribution in [1.82, 2.24) is 14.5 Å². The van der Waals surface area contributed by atoms with Crippen LogP contribution in [-0.2, 0) is 11.3 Å². The van der Waals surface area contributed by atoms with Crippen LogP contribution < -0.4 is 4.90 Å². The van der Waals surface area contributed by atoms with E-state index in [1.807, 2.05) is 57.2 Å². The average molecular weight is 475 g/mol. The predicted octanol–water partition coefficient (Wildman–Crippen LogP) is 5.84. The molecule has 6 nitrogen and oxygen atoms in total. The number of fused-ring (bicyclic) bond motifs is 1. The highest BCUT2D eigenvalue weighted by Gasteiger charge is 2.32. The Morgan fingerprint density at radius 2 is 1.88 bits per heavy atom. The first-order valence-electron chi connectivity index (χ1n) is 10.8. The van der Waals surface area contributed by atoms with E-state index >= 15 is 0 Å². The summed E-state index contributed by atoms with van der Waals surface area (Å²) in [5, 5.41) is 1.08. The number of hydrogen-bond acceptors (Lipinski definition) is 4. The number of benzene rings is 2. The molecule has 1 saturated heterocycles. The second-order valence-electron chi connectivity index (χ2n) is 9.20. The number of piperazine rings is 1. The maximum Gasteiger partial charge on any atom is 0.410 e. The fourth-order valence-electron chi connectivity index (χ4n) is 4.01. The standard InChI is InChI=1S/C24H28Cl2N4O2/c1-16-14-28(23(31)32-24(2,3)4)11-12-29(16)22-27-20-7-5-6-8-21(20)30(22)15-17-9-10-18(25)19(26)13-17/h5-10,13,16H,11-12,14-15H2,1-4H3. The zero-order valence-electron chi connectivity index (χ0n) is 18.8. The van der Waals surface area contributed by atoms with Gasteiger partial charge in [0.2, 0.25) is 5.95 Å².